The summed E-state index contributed by atoms with van der Waals surface area (Å²) in [5.41, 5.74) is 0.498. The summed E-state index contributed by atoms with van der Waals surface area (Å²) in [4.78, 5) is 17.5. The lowest BCUT2D eigenvalue weighted by molar-refractivity contribution is 0.0755. The maximum absolute atomic E-state index is 13.2. The van der Waals surface area contributed by atoms with Crippen LogP contribution in [0.2, 0.25) is 0 Å². The molecule has 2 heterocycles. The normalized spacial score (nSPS) is 17.3. The van der Waals surface area contributed by atoms with Crippen LogP contribution in [0.25, 0.3) is 0 Å². The van der Waals surface area contributed by atoms with E-state index in [0.29, 0.717) is 17.1 Å². The van der Waals surface area contributed by atoms with Gasteiger partial charge in [-0.3, -0.25) is 4.79 Å². The Morgan fingerprint density at radius 2 is 1.87 bits per heavy atom. The fourth-order valence-electron chi connectivity index (χ4n) is 2.71. The molecule has 1 atom stereocenters. The average Bonchev–Trinajstić information content (AvgIpc) is 3.21. The van der Waals surface area contributed by atoms with Gasteiger partial charge < -0.3 is 14.4 Å². The molecule has 1 amide bonds. The van der Waals surface area contributed by atoms with Gasteiger partial charge in [0, 0.05) is 22.1 Å². The van der Waals surface area contributed by atoms with Gasteiger partial charge in [-0.2, -0.15) is 0 Å². The molecule has 0 saturated carbocycles. The number of amides is 1. The minimum Gasteiger partial charge on any atom is -0.496 e. The van der Waals surface area contributed by atoms with Crippen molar-refractivity contribution in [2.24, 2.45) is 0 Å². The van der Waals surface area contributed by atoms with E-state index in [4.69, 9.17) is 9.47 Å². The molecule has 0 aliphatic carbocycles. The molecule has 0 N–H and O–H groups in total. The van der Waals surface area contributed by atoms with Crippen LogP contribution in [0.3, 0.4) is 0 Å². The Balaban J connectivity index is 1.96. The highest BCUT2D eigenvalue weighted by Gasteiger charge is 2.34. The van der Waals surface area contributed by atoms with Gasteiger partial charge in [0.15, 0.2) is 0 Å². The third kappa shape index (κ3) is 3.05. The minimum absolute atomic E-state index is 0.0413. The van der Waals surface area contributed by atoms with E-state index >= 15 is 0 Å². The lowest BCUT2D eigenvalue weighted by atomic mass is 10.1. The molecular formula is C17H19NO3S2. The third-order valence-corrected chi connectivity index (χ3v) is 6.24. The van der Waals surface area contributed by atoms with E-state index in [1.807, 2.05) is 11.0 Å². The molecule has 0 radical (unpaired) electrons. The molecule has 2 aromatic rings. The number of ether oxygens (including phenoxy) is 2. The van der Waals surface area contributed by atoms with Gasteiger partial charge in [-0.25, -0.2) is 0 Å². The average molecular weight is 349 g/mol. The molecule has 1 aromatic heterocycles. The predicted molar refractivity (Wildman–Crippen MR) is 94.8 cm³/mol. The van der Waals surface area contributed by atoms with Gasteiger partial charge in [0.1, 0.15) is 22.4 Å². The summed E-state index contributed by atoms with van der Waals surface area (Å²) >= 11 is 3.54. The third-order valence-electron chi connectivity index (χ3n) is 3.80. The second-order valence-corrected chi connectivity index (χ2v) is 7.72. The van der Waals surface area contributed by atoms with Crippen LogP contribution in [0.1, 0.15) is 25.5 Å². The number of carbonyl (C=O) groups is 1. The fraction of sp³-hybridized carbons (Fsp3) is 0.353. The highest BCUT2D eigenvalue weighted by atomic mass is 32.2. The van der Waals surface area contributed by atoms with Crippen LogP contribution in [0.5, 0.6) is 11.5 Å². The van der Waals surface area contributed by atoms with Crippen LogP contribution in [-0.4, -0.2) is 37.3 Å². The number of hydrogen-bond acceptors (Lipinski definition) is 5. The SMILES string of the molecule is COc1cccc(OC)c1C(=O)N1CCS[C@H]1c1ccc(C)s1. The van der Waals surface area contributed by atoms with Crippen molar-refractivity contribution in [1.29, 1.82) is 0 Å². The Bertz CT molecular complexity index is 691. The molecule has 122 valence electrons. The molecule has 1 saturated heterocycles. The highest BCUT2D eigenvalue weighted by molar-refractivity contribution is 7.99. The summed E-state index contributed by atoms with van der Waals surface area (Å²) < 4.78 is 10.8. The van der Waals surface area contributed by atoms with Crippen LogP contribution >= 0.6 is 23.1 Å². The number of methoxy groups -OCH3 is 2. The first-order chi connectivity index (χ1) is 11.2. The Kier molecular flexibility index (Phi) is 4.82. The Morgan fingerprint density at radius 1 is 1.17 bits per heavy atom. The van der Waals surface area contributed by atoms with E-state index in [1.165, 1.54) is 9.75 Å². The minimum atomic E-state index is -0.0413. The van der Waals surface area contributed by atoms with Crippen molar-refractivity contribution in [2.75, 3.05) is 26.5 Å². The zero-order valence-electron chi connectivity index (χ0n) is 13.4. The Hall–Kier alpha value is -1.66. The standard InChI is InChI=1S/C17H19NO3S2/c1-11-7-8-14(23-11)17-18(9-10-22-17)16(19)15-12(20-2)5-4-6-13(15)21-3/h4-8,17H,9-10H2,1-3H3/t17-/m0/s1. The molecule has 1 aliphatic rings. The number of benzene rings is 1. The van der Waals surface area contributed by atoms with Gasteiger partial charge in [-0.05, 0) is 31.2 Å². The molecule has 23 heavy (non-hydrogen) atoms. The van der Waals surface area contributed by atoms with Gasteiger partial charge in [0.25, 0.3) is 5.91 Å². The predicted octanol–water partition coefficient (Wildman–Crippen LogP) is 3.96. The number of nitrogens with zero attached hydrogens (tertiary/aromatic N) is 1. The summed E-state index contributed by atoms with van der Waals surface area (Å²) in [5.74, 6) is 1.99. The van der Waals surface area contributed by atoms with Gasteiger partial charge in [0.2, 0.25) is 0 Å². The number of thiophene rings is 1. The number of aryl methyl sites for hydroxylation is 1. The van der Waals surface area contributed by atoms with Gasteiger partial charge >= 0.3 is 0 Å². The largest absolute Gasteiger partial charge is 0.496 e. The van der Waals surface area contributed by atoms with Crippen molar-refractivity contribution in [3.05, 3.63) is 45.6 Å². The van der Waals surface area contributed by atoms with E-state index in [1.54, 1.807) is 49.5 Å². The molecule has 0 bridgehead atoms. The smallest absolute Gasteiger partial charge is 0.262 e. The number of hydrogen-bond donors (Lipinski definition) is 0. The summed E-state index contributed by atoms with van der Waals surface area (Å²) in [5, 5.41) is 0.0656. The zero-order valence-corrected chi connectivity index (χ0v) is 15.0. The van der Waals surface area contributed by atoms with Gasteiger partial charge in [0.05, 0.1) is 14.2 Å². The van der Waals surface area contributed by atoms with Crippen molar-refractivity contribution in [3.63, 3.8) is 0 Å². The topological polar surface area (TPSA) is 38.8 Å². The van der Waals surface area contributed by atoms with Crippen molar-refractivity contribution >= 4 is 29.0 Å². The van der Waals surface area contributed by atoms with Crippen LogP contribution < -0.4 is 9.47 Å². The second kappa shape index (κ2) is 6.84. The molecule has 1 aliphatic heterocycles. The summed E-state index contributed by atoms with van der Waals surface area (Å²) in [6.45, 7) is 2.81. The molecular weight excluding hydrogens is 330 g/mol. The Labute approximate surface area is 144 Å². The van der Waals surface area contributed by atoms with Gasteiger partial charge in [-0.1, -0.05) is 6.07 Å². The summed E-state index contributed by atoms with van der Waals surface area (Å²) in [6, 6.07) is 9.63. The first kappa shape index (κ1) is 16.2. The second-order valence-electron chi connectivity index (χ2n) is 5.21. The van der Waals surface area contributed by atoms with E-state index in [0.717, 1.165) is 12.3 Å². The quantitative estimate of drug-likeness (QED) is 0.837. The van der Waals surface area contributed by atoms with Crippen LogP contribution in [0, 0.1) is 6.92 Å². The van der Waals surface area contributed by atoms with Crippen molar-refractivity contribution in [1.82, 2.24) is 4.90 Å². The first-order valence-corrected chi connectivity index (χ1v) is 9.22. The molecule has 3 rings (SSSR count). The monoisotopic (exact) mass is 349 g/mol. The van der Waals surface area contributed by atoms with Crippen molar-refractivity contribution < 1.29 is 14.3 Å². The maximum atomic E-state index is 13.2. The van der Waals surface area contributed by atoms with Crippen LogP contribution in [-0.2, 0) is 0 Å². The number of thioether (sulfide) groups is 1. The molecule has 1 aromatic carbocycles. The number of carbonyl (C=O) groups excluding carboxylic acids is 1. The fourth-order valence-corrected chi connectivity index (χ4v) is 5.08. The van der Waals surface area contributed by atoms with Crippen molar-refractivity contribution in [3.8, 4) is 11.5 Å². The number of rotatable bonds is 4. The highest BCUT2D eigenvalue weighted by Crippen LogP contribution is 2.43. The Morgan fingerprint density at radius 3 is 2.43 bits per heavy atom. The van der Waals surface area contributed by atoms with E-state index in [-0.39, 0.29) is 11.3 Å². The zero-order chi connectivity index (χ0) is 16.4. The molecule has 6 heteroatoms. The first-order valence-electron chi connectivity index (χ1n) is 7.35. The summed E-state index contributed by atoms with van der Waals surface area (Å²) in [7, 11) is 3.15. The van der Waals surface area contributed by atoms with Gasteiger partial charge in [-0.15, -0.1) is 23.1 Å². The van der Waals surface area contributed by atoms with E-state index in [9.17, 15) is 4.79 Å². The lowest BCUT2D eigenvalue weighted by Crippen LogP contribution is -2.30. The molecule has 0 unspecified atom stereocenters. The van der Waals surface area contributed by atoms with Crippen molar-refractivity contribution in [2.45, 2.75) is 12.3 Å². The summed E-state index contributed by atoms with van der Waals surface area (Å²) in [6.07, 6.45) is 0. The molecule has 4 nitrogen and oxygen atoms in total. The van der Waals surface area contributed by atoms with Crippen LogP contribution in [0.15, 0.2) is 30.3 Å². The molecule has 1 fully saturated rings. The maximum Gasteiger partial charge on any atom is 0.262 e. The van der Waals surface area contributed by atoms with E-state index in [2.05, 4.69) is 19.1 Å². The van der Waals surface area contributed by atoms with E-state index < -0.39 is 0 Å². The molecule has 0 spiro atoms. The lowest BCUT2D eigenvalue weighted by Gasteiger charge is -2.24. The van der Waals surface area contributed by atoms with Crippen LogP contribution in [0.4, 0.5) is 0 Å².